The van der Waals surface area contributed by atoms with E-state index in [-0.39, 0.29) is 49.3 Å². The summed E-state index contributed by atoms with van der Waals surface area (Å²) in [7, 11) is 1.38. The van der Waals surface area contributed by atoms with Crippen molar-refractivity contribution in [3.05, 3.63) is 46.3 Å². The number of carbonyl (C=O) groups excluding carboxylic acids is 1. The van der Waals surface area contributed by atoms with E-state index in [9.17, 15) is 4.79 Å². The first-order chi connectivity index (χ1) is 14.4. The Morgan fingerprint density at radius 3 is 2.73 bits per heavy atom. The van der Waals surface area contributed by atoms with Crippen molar-refractivity contribution < 1.29 is 28.5 Å². The highest BCUT2D eigenvalue weighted by Gasteiger charge is 2.57. The number of azide groups is 1. The van der Waals surface area contributed by atoms with Crippen LogP contribution >= 0.6 is 0 Å². The summed E-state index contributed by atoms with van der Waals surface area (Å²) in [6.07, 6.45) is -0.249. The fourth-order valence-electron chi connectivity index (χ4n) is 3.86. The highest BCUT2D eigenvalue weighted by atomic mass is 16.8. The normalized spacial score (nSPS) is 27.8. The second-order valence-electron chi connectivity index (χ2n) is 7.98. The van der Waals surface area contributed by atoms with Crippen LogP contribution in [0.4, 0.5) is 0 Å². The fraction of sp³-hybridized carbons (Fsp3) is 0.667. The standard InChI is InChI=1S/C21H29N3O6/c1-21(2)29-16(12-23-24-22)19(30-21)20-18(28-20)15(11-17(25)26-3)9-10-27-13-14-7-5-4-6-8-14/h4-8,15-16,18-20H,9-13H2,1-3H3/t15-,16-,18-,19-,20+/m1/s1. The van der Waals surface area contributed by atoms with Crippen LogP contribution in [0.2, 0.25) is 0 Å². The number of hydrogen-bond donors (Lipinski definition) is 0. The van der Waals surface area contributed by atoms with Crippen LogP contribution in [0, 0.1) is 5.92 Å². The van der Waals surface area contributed by atoms with Gasteiger partial charge >= 0.3 is 5.97 Å². The first-order valence-electron chi connectivity index (χ1n) is 10.1. The number of benzene rings is 1. The smallest absolute Gasteiger partial charge is 0.305 e. The predicted molar refractivity (Wildman–Crippen MR) is 107 cm³/mol. The molecule has 1 aromatic carbocycles. The van der Waals surface area contributed by atoms with Gasteiger partial charge in [0.05, 0.1) is 38.9 Å². The van der Waals surface area contributed by atoms with Gasteiger partial charge in [-0.05, 0) is 31.4 Å². The summed E-state index contributed by atoms with van der Waals surface area (Å²) in [6.45, 7) is 4.81. The molecule has 2 saturated heterocycles. The number of nitrogens with zero attached hydrogens (tertiary/aromatic N) is 3. The van der Waals surface area contributed by atoms with Gasteiger partial charge in [0, 0.05) is 17.4 Å². The van der Waals surface area contributed by atoms with E-state index < -0.39 is 5.79 Å². The molecule has 0 radical (unpaired) electrons. The number of epoxide rings is 1. The number of esters is 1. The summed E-state index contributed by atoms with van der Waals surface area (Å²) in [5.41, 5.74) is 9.73. The average molecular weight is 419 g/mol. The number of hydrogen-bond acceptors (Lipinski definition) is 7. The quantitative estimate of drug-likeness (QED) is 0.136. The summed E-state index contributed by atoms with van der Waals surface area (Å²) < 4.78 is 28.4. The molecule has 3 rings (SSSR count). The van der Waals surface area contributed by atoms with Crippen LogP contribution in [-0.4, -0.2) is 56.4 Å². The van der Waals surface area contributed by atoms with Gasteiger partial charge in [0.15, 0.2) is 5.79 Å². The molecule has 2 aliphatic rings. The van der Waals surface area contributed by atoms with Gasteiger partial charge < -0.3 is 23.7 Å². The minimum absolute atomic E-state index is 0.0642. The second kappa shape index (κ2) is 10.2. The minimum atomic E-state index is -0.784. The number of ether oxygens (including phenoxy) is 5. The number of carbonyl (C=O) groups is 1. The maximum atomic E-state index is 11.9. The monoisotopic (exact) mass is 419 g/mol. The molecule has 164 valence electrons. The number of methoxy groups -OCH3 is 1. The van der Waals surface area contributed by atoms with E-state index in [2.05, 4.69) is 10.0 Å². The predicted octanol–water partition coefficient (Wildman–Crippen LogP) is 3.37. The van der Waals surface area contributed by atoms with Crippen LogP contribution < -0.4 is 0 Å². The van der Waals surface area contributed by atoms with E-state index in [4.69, 9.17) is 29.2 Å². The molecule has 30 heavy (non-hydrogen) atoms. The third-order valence-electron chi connectivity index (χ3n) is 5.30. The molecular weight excluding hydrogens is 390 g/mol. The van der Waals surface area contributed by atoms with Crippen molar-refractivity contribution in [2.24, 2.45) is 11.0 Å². The van der Waals surface area contributed by atoms with Gasteiger partial charge in [0.1, 0.15) is 12.2 Å². The average Bonchev–Trinajstić information content (AvgIpc) is 3.46. The minimum Gasteiger partial charge on any atom is -0.469 e. The lowest BCUT2D eigenvalue weighted by Gasteiger charge is -2.17. The zero-order valence-corrected chi connectivity index (χ0v) is 17.6. The van der Waals surface area contributed by atoms with Crippen molar-refractivity contribution in [1.82, 2.24) is 0 Å². The molecular formula is C21H29N3O6. The van der Waals surface area contributed by atoms with E-state index in [0.29, 0.717) is 19.6 Å². The molecule has 0 N–H and O–H groups in total. The molecule has 0 aromatic heterocycles. The largest absolute Gasteiger partial charge is 0.469 e. The van der Waals surface area contributed by atoms with Crippen molar-refractivity contribution in [2.75, 3.05) is 20.3 Å². The summed E-state index contributed by atoms with van der Waals surface area (Å²) in [5.74, 6) is -1.13. The van der Waals surface area contributed by atoms with E-state index in [0.717, 1.165) is 5.56 Å². The van der Waals surface area contributed by atoms with E-state index in [1.165, 1.54) is 7.11 Å². The Hall–Kier alpha value is -2.16. The van der Waals surface area contributed by atoms with Gasteiger partial charge in [-0.15, -0.1) is 0 Å². The van der Waals surface area contributed by atoms with Crippen LogP contribution in [0.5, 0.6) is 0 Å². The summed E-state index contributed by atoms with van der Waals surface area (Å²) in [5, 5.41) is 3.63. The summed E-state index contributed by atoms with van der Waals surface area (Å²) in [6, 6.07) is 9.93. The lowest BCUT2D eigenvalue weighted by molar-refractivity contribution is -0.147. The lowest BCUT2D eigenvalue weighted by atomic mass is 9.93. The zero-order chi connectivity index (χ0) is 21.6. The summed E-state index contributed by atoms with van der Waals surface area (Å²) >= 11 is 0. The number of rotatable bonds is 11. The van der Waals surface area contributed by atoms with Crippen LogP contribution in [-0.2, 0) is 35.1 Å². The van der Waals surface area contributed by atoms with E-state index in [1.54, 1.807) is 0 Å². The molecule has 9 heteroatoms. The Bertz CT molecular complexity index is 752. The van der Waals surface area contributed by atoms with Crippen LogP contribution in [0.1, 0.15) is 32.3 Å². The molecule has 0 spiro atoms. The molecule has 5 atom stereocenters. The molecule has 0 amide bonds. The SMILES string of the molecule is COC(=O)C[C@@H](CCOCc1ccccc1)[C@H]1O[C@@H]1[C@@H]1OC(C)(C)O[C@@H]1CN=[N+]=[N-]. The van der Waals surface area contributed by atoms with E-state index in [1.807, 2.05) is 44.2 Å². The van der Waals surface area contributed by atoms with Gasteiger partial charge in [-0.25, -0.2) is 0 Å². The maximum Gasteiger partial charge on any atom is 0.305 e. The Balaban J connectivity index is 1.56. The Morgan fingerprint density at radius 1 is 1.27 bits per heavy atom. The van der Waals surface area contributed by atoms with Crippen LogP contribution in [0.3, 0.4) is 0 Å². The molecule has 0 aliphatic carbocycles. The van der Waals surface area contributed by atoms with Gasteiger partial charge in [-0.2, -0.15) is 0 Å². The van der Waals surface area contributed by atoms with Crippen LogP contribution in [0.25, 0.3) is 10.4 Å². The Morgan fingerprint density at radius 2 is 2.03 bits per heavy atom. The molecule has 2 heterocycles. The summed E-state index contributed by atoms with van der Waals surface area (Å²) in [4.78, 5) is 14.7. The van der Waals surface area contributed by atoms with Crippen molar-refractivity contribution in [1.29, 1.82) is 0 Å². The molecule has 2 fully saturated rings. The van der Waals surface area contributed by atoms with Crippen molar-refractivity contribution in [3.8, 4) is 0 Å². The molecule has 1 aromatic rings. The molecule has 9 nitrogen and oxygen atoms in total. The molecule has 0 saturated carbocycles. The highest BCUT2D eigenvalue weighted by Crippen LogP contribution is 2.43. The topological polar surface area (TPSA) is 115 Å². The van der Waals surface area contributed by atoms with Gasteiger partial charge in [0.25, 0.3) is 0 Å². The molecule has 0 bridgehead atoms. The lowest BCUT2D eigenvalue weighted by Crippen LogP contribution is -2.33. The fourth-order valence-corrected chi connectivity index (χ4v) is 3.86. The highest BCUT2D eigenvalue weighted by molar-refractivity contribution is 5.69. The van der Waals surface area contributed by atoms with Gasteiger partial charge in [0.2, 0.25) is 0 Å². The molecule has 0 unspecified atom stereocenters. The third kappa shape index (κ3) is 6.17. The van der Waals surface area contributed by atoms with E-state index >= 15 is 0 Å². The first kappa shape index (κ1) is 22.5. The second-order valence-corrected chi connectivity index (χ2v) is 7.98. The van der Waals surface area contributed by atoms with Crippen LogP contribution in [0.15, 0.2) is 35.4 Å². The van der Waals surface area contributed by atoms with Crippen molar-refractivity contribution in [2.45, 2.75) is 63.5 Å². The Kier molecular flexibility index (Phi) is 7.69. The van der Waals surface area contributed by atoms with Crippen molar-refractivity contribution in [3.63, 3.8) is 0 Å². The maximum absolute atomic E-state index is 11.9. The van der Waals surface area contributed by atoms with Gasteiger partial charge in [-0.1, -0.05) is 35.4 Å². The first-order valence-corrected chi connectivity index (χ1v) is 10.1. The Labute approximate surface area is 176 Å². The third-order valence-corrected chi connectivity index (χ3v) is 5.30. The molecule has 2 aliphatic heterocycles. The zero-order valence-electron chi connectivity index (χ0n) is 17.6. The van der Waals surface area contributed by atoms with Gasteiger partial charge in [-0.3, -0.25) is 4.79 Å². The van der Waals surface area contributed by atoms with Crippen molar-refractivity contribution >= 4 is 5.97 Å².